The molecular weight excluding hydrogens is 264 g/mol. The van der Waals surface area contributed by atoms with Crippen LogP contribution < -0.4 is 10.5 Å². The zero-order chi connectivity index (χ0) is 15.4. The molecule has 0 radical (unpaired) electrons. The zero-order valence-corrected chi connectivity index (χ0v) is 13.3. The zero-order valence-electron chi connectivity index (χ0n) is 13.3. The number of rotatable bonds is 6. The lowest BCUT2D eigenvalue weighted by atomic mass is 10.1. The Kier molecular flexibility index (Phi) is 4.96. The first-order valence-corrected chi connectivity index (χ1v) is 7.37. The standard InChI is InChI=1S/C16H24N4O/c1-5-20-14(9-13(4)19-20)10-21-16-7-6-12(3)18-15(16)8-11(2)17/h6-7,9,11H,5,8,10,17H2,1-4H3. The maximum atomic E-state index is 5.96. The summed E-state index contributed by atoms with van der Waals surface area (Å²) in [4.78, 5) is 4.55. The topological polar surface area (TPSA) is 66.0 Å². The number of aromatic nitrogens is 3. The molecule has 1 atom stereocenters. The fourth-order valence-corrected chi connectivity index (χ4v) is 2.32. The van der Waals surface area contributed by atoms with Crippen molar-refractivity contribution in [2.24, 2.45) is 5.73 Å². The van der Waals surface area contributed by atoms with Crippen LogP contribution in [0.3, 0.4) is 0 Å². The number of hydrogen-bond donors (Lipinski definition) is 1. The summed E-state index contributed by atoms with van der Waals surface area (Å²) in [6.45, 7) is 9.35. The van der Waals surface area contributed by atoms with Gasteiger partial charge in [0.05, 0.1) is 17.1 Å². The normalized spacial score (nSPS) is 12.4. The summed E-state index contributed by atoms with van der Waals surface area (Å²) >= 11 is 0. The predicted molar refractivity (Wildman–Crippen MR) is 83.3 cm³/mol. The molecule has 2 aromatic rings. The highest BCUT2D eigenvalue weighted by Gasteiger charge is 2.10. The summed E-state index contributed by atoms with van der Waals surface area (Å²) in [6, 6.07) is 6.04. The fourth-order valence-electron chi connectivity index (χ4n) is 2.32. The van der Waals surface area contributed by atoms with E-state index in [1.807, 2.05) is 37.6 Å². The third kappa shape index (κ3) is 4.04. The summed E-state index contributed by atoms with van der Waals surface area (Å²) in [5, 5.41) is 4.43. The second-order valence-electron chi connectivity index (χ2n) is 5.46. The lowest BCUT2D eigenvalue weighted by Crippen LogP contribution is -2.19. The van der Waals surface area contributed by atoms with Crippen LogP contribution in [0, 0.1) is 13.8 Å². The van der Waals surface area contributed by atoms with E-state index in [9.17, 15) is 0 Å². The van der Waals surface area contributed by atoms with Gasteiger partial charge in [-0.1, -0.05) is 0 Å². The molecule has 0 aliphatic carbocycles. The molecule has 0 fully saturated rings. The first-order valence-electron chi connectivity index (χ1n) is 7.37. The number of aryl methyl sites for hydroxylation is 3. The van der Waals surface area contributed by atoms with Crippen LogP contribution in [0.1, 0.15) is 36.6 Å². The van der Waals surface area contributed by atoms with E-state index in [-0.39, 0.29) is 6.04 Å². The lowest BCUT2D eigenvalue weighted by Gasteiger charge is -2.13. The van der Waals surface area contributed by atoms with E-state index in [0.717, 1.165) is 35.1 Å². The van der Waals surface area contributed by atoms with Crippen LogP contribution in [0.25, 0.3) is 0 Å². The third-order valence-electron chi connectivity index (χ3n) is 3.25. The van der Waals surface area contributed by atoms with Gasteiger partial charge < -0.3 is 10.5 Å². The maximum Gasteiger partial charge on any atom is 0.141 e. The minimum Gasteiger partial charge on any atom is -0.485 e. The van der Waals surface area contributed by atoms with Crippen LogP contribution >= 0.6 is 0 Å². The highest BCUT2D eigenvalue weighted by molar-refractivity contribution is 5.30. The Balaban J connectivity index is 2.15. The first kappa shape index (κ1) is 15.5. The number of ether oxygens (including phenoxy) is 1. The Morgan fingerprint density at radius 1 is 1.29 bits per heavy atom. The summed E-state index contributed by atoms with van der Waals surface area (Å²) in [5.41, 5.74) is 9.87. The minimum absolute atomic E-state index is 0.0602. The number of nitrogens with two attached hydrogens (primary N) is 1. The molecule has 0 bridgehead atoms. The van der Waals surface area contributed by atoms with E-state index in [0.29, 0.717) is 13.0 Å². The largest absolute Gasteiger partial charge is 0.485 e. The first-order chi connectivity index (χ1) is 9.99. The minimum atomic E-state index is 0.0602. The monoisotopic (exact) mass is 288 g/mol. The second-order valence-corrected chi connectivity index (χ2v) is 5.46. The van der Waals surface area contributed by atoms with E-state index < -0.39 is 0 Å². The summed E-state index contributed by atoms with van der Waals surface area (Å²) in [6.07, 6.45) is 0.711. The van der Waals surface area contributed by atoms with E-state index in [4.69, 9.17) is 10.5 Å². The van der Waals surface area contributed by atoms with Crippen LogP contribution in [-0.4, -0.2) is 20.8 Å². The number of pyridine rings is 1. The van der Waals surface area contributed by atoms with Crippen molar-refractivity contribution in [1.82, 2.24) is 14.8 Å². The molecule has 2 rings (SSSR count). The molecule has 1 unspecified atom stereocenters. The third-order valence-corrected chi connectivity index (χ3v) is 3.25. The predicted octanol–water partition coefficient (Wildman–Crippen LogP) is 2.38. The van der Waals surface area contributed by atoms with Gasteiger partial charge in [-0.05, 0) is 45.9 Å². The van der Waals surface area contributed by atoms with Crippen molar-refractivity contribution >= 4 is 0 Å². The Morgan fingerprint density at radius 2 is 2.05 bits per heavy atom. The van der Waals surface area contributed by atoms with Gasteiger partial charge in [0.15, 0.2) is 0 Å². The molecule has 0 spiro atoms. The molecule has 5 nitrogen and oxygen atoms in total. The lowest BCUT2D eigenvalue weighted by molar-refractivity contribution is 0.287. The molecule has 0 saturated heterocycles. The van der Waals surface area contributed by atoms with Crippen LogP contribution in [0.4, 0.5) is 0 Å². The highest BCUT2D eigenvalue weighted by atomic mass is 16.5. The molecule has 5 heteroatoms. The van der Waals surface area contributed by atoms with Crippen LogP contribution in [0.2, 0.25) is 0 Å². The number of nitrogens with zero attached hydrogens (tertiary/aromatic N) is 3. The van der Waals surface area contributed by atoms with Crippen molar-refractivity contribution in [3.05, 3.63) is 41.0 Å². The van der Waals surface area contributed by atoms with Crippen molar-refractivity contribution in [1.29, 1.82) is 0 Å². The van der Waals surface area contributed by atoms with Crippen molar-refractivity contribution in [3.8, 4) is 5.75 Å². The second kappa shape index (κ2) is 6.72. The molecule has 0 aromatic carbocycles. The molecule has 21 heavy (non-hydrogen) atoms. The molecule has 0 aliphatic rings. The van der Waals surface area contributed by atoms with Crippen molar-refractivity contribution in [2.75, 3.05) is 0 Å². The van der Waals surface area contributed by atoms with Gasteiger partial charge >= 0.3 is 0 Å². The van der Waals surface area contributed by atoms with Crippen LogP contribution in [0.5, 0.6) is 5.75 Å². The van der Waals surface area contributed by atoms with Gasteiger partial charge in [0.1, 0.15) is 12.4 Å². The molecule has 0 amide bonds. The SMILES string of the molecule is CCn1nc(C)cc1COc1ccc(C)nc1CC(C)N. The molecule has 2 heterocycles. The molecule has 2 aromatic heterocycles. The van der Waals surface area contributed by atoms with Gasteiger partial charge in [0.25, 0.3) is 0 Å². The van der Waals surface area contributed by atoms with Gasteiger partial charge in [-0.15, -0.1) is 0 Å². The van der Waals surface area contributed by atoms with Crippen LogP contribution in [-0.2, 0) is 19.6 Å². The highest BCUT2D eigenvalue weighted by Crippen LogP contribution is 2.20. The Bertz CT molecular complexity index is 604. The van der Waals surface area contributed by atoms with Gasteiger partial charge in [0, 0.05) is 24.7 Å². The summed E-state index contributed by atoms with van der Waals surface area (Å²) < 4.78 is 7.92. The smallest absolute Gasteiger partial charge is 0.141 e. The molecule has 114 valence electrons. The van der Waals surface area contributed by atoms with E-state index in [1.165, 1.54) is 0 Å². The van der Waals surface area contributed by atoms with Crippen LogP contribution in [0.15, 0.2) is 18.2 Å². The van der Waals surface area contributed by atoms with E-state index >= 15 is 0 Å². The Hall–Kier alpha value is -1.88. The maximum absolute atomic E-state index is 5.96. The Morgan fingerprint density at radius 3 is 2.71 bits per heavy atom. The Labute approximate surface area is 126 Å². The van der Waals surface area contributed by atoms with Crippen molar-refractivity contribution < 1.29 is 4.74 Å². The van der Waals surface area contributed by atoms with Crippen molar-refractivity contribution in [3.63, 3.8) is 0 Å². The van der Waals surface area contributed by atoms with Crippen molar-refractivity contribution in [2.45, 2.75) is 53.3 Å². The molecule has 0 aliphatic heterocycles. The van der Waals surface area contributed by atoms with Gasteiger partial charge in [-0.3, -0.25) is 9.67 Å². The van der Waals surface area contributed by atoms with E-state index in [1.54, 1.807) is 0 Å². The average molecular weight is 288 g/mol. The van der Waals surface area contributed by atoms with Gasteiger partial charge in [-0.2, -0.15) is 5.10 Å². The molecular formula is C16H24N4O. The molecule has 0 saturated carbocycles. The number of hydrogen-bond acceptors (Lipinski definition) is 4. The van der Waals surface area contributed by atoms with Gasteiger partial charge in [0.2, 0.25) is 0 Å². The quantitative estimate of drug-likeness (QED) is 0.886. The van der Waals surface area contributed by atoms with Gasteiger partial charge in [-0.25, -0.2) is 0 Å². The fraction of sp³-hybridized carbons (Fsp3) is 0.500. The average Bonchev–Trinajstić information content (AvgIpc) is 2.77. The van der Waals surface area contributed by atoms with E-state index in [2.05, 4.69) is 23.1 Å². The summed E-state index contributed by atoms with van der Waals surface area (Å²) in [7, 11) is 0. The summed E-state index contributed by atoms with van der Waals surface area (Å²) in [5.74, 6) is 0.805. The molecule has 2 N–H and O–H groups in total.